The molecule has 1 rings (SSSR count). The van der Waals surface area contributed by atoms with Crippen molar-refractivity contribution in [3.8, 4) is 0 Å². The number of primary amides is 1. The van der Waals surface area contributed by atoms with Crippen LogP contribution in [0, 0.1) is 5.82 Å². The highest BCUT2D eigenvalue weighted by Crippen LogP contribution is 2.20. The number of rotatable bonds is 6. The molecule has 0 bridgehead atoms. The highest BCUT2D eigenvalue weighted by atomic mass is 19.4. The summed E-state index contributed by atoms with van der Waals surface area (Å²) in [6.45, 7) is 0.235. The van der Waals surface area contributed by atoms with Crippen molar-refractivity contribution < 1.29 is 22.4 Å². The van der Waals surface area contributed by atoms with Crippen LogP contribution < -0.4 is 11.1 Å². The van der Waals surface area contributed by atoms with Crippen molar-refractivity contribution in [1.29, 1.82) is 0 Å². The monoisotopic (exact) mass is 278 g/mol. The first-order valence-corrected chi connectivity index (χ1v) is 5.65. The summed E-state index contributed by atoms with van der Waals surface area (Å²) < 4.78 is 49.1. The molecule has 0 aromatic heterocycles. The second-order valence-electron chi connectivity index (χ2n) is 4.07. The Kier molecular flexibility index (Phi) is 5.29. The molecule has 0 fully saturated rings. The molecule has 7 heteroatoms. The van der Waals surface area contributed by atoms with E-state index in [-0.39, 0.29) is 30.6 Å². The number of carbonyl (C=O) groups is 1. The fourth-order valence-corrected chi connectivity index (χ4v) is 1.48. The van der Waals surface area contributed by atoms with Gasteiger partial charge in [-0.15, -0.1) is 0 Å². The summed E-state index contributed by atoms with van der Waals surface area (Å²) in [5.74, 6) is -1.34. The Balaban J connectivity index is 2.40. The van der Waals surface area contributed by atoms with Crippen LogP contribution in [0.1, 0.15) is 28.8 Å². The lowest BCUT2D eigenvalue weighted by atomic mass is 10.1. The number of hydrogen-bond donors (Lipinski definition) is 2. The molecule has 0 aliphatic carbocycles. The van der Waals surface area contributed by atoms with Crippen LogP contribution in [0.4, 0.5) is 17.6 Å². The van der Waals surface area contributed by atoms with Gasteiger partial charge in [-0.05, 0) is 25.1 Å². The van der Waals surface area contributed by atoms with E-state index in [0.29, 0.717) is 0 Å². The first-order chi connectivity index (χ1) is 8.79. The van der Waals surface area contributed by atoms with Gasteiger partial charge < -0.3 is 11.1 Å². The summed E-state index contributed by atoms with van der Waals surface area (Å²) in [4.78, 5) is 10.8. The van der Waals surface area contributed by atoms with Crippen molar-refractivity contribution in [2.24, 2.45) is 5.73 Å². The van der Waals surface area contributed by atoms with Gasteiger partial charge in [0.05, 0.1) is 0 Å². The lowest BCUT2D eigenvalue weighted by molar-refractivity contribution is -0.135. The highest BCUT2D eigenvalue weighted by molar-refractivity contribution is 5.92. The van der Waals surface area contributed by atoms with Crippen molar-refractivity contribution in [2.75, 3.05) is 6.54 Å². The molecule has 19 heavy (non-hydrogen) atoms. The van der Waals surface area contributed by atoms with E-state index in [1.165, 1.54) is 12.1 Å². The first-order valence-electron chi connectivity index (χ1n) is 5.65. The van der Waals surface area contributed by atoms with Gasteiger partial charge in [-0.3, -0.25) is 4.79 Å². The van der Waals surface area contributed by atoms with Gasteiger partial charge in [0.25, 0.3) is 0 Å². The summed E-state index contributed by atoms with van der Waals surface area (Å²) in [5.41, 5.74) is 5.31. The zero-order valence-electron chi connectivity index (χ0n) is 10.1. The number of benzene rings is 1. The molecule has 0 unspecified atom stereocenters. The molecule has 0 spiro atoms. The van der Waals surface area contributed by atoms with Crippen molar-refractivity contribution in [3.05, 3.63) is 35.1 Å². The van der Waals surface area contributed by atoms with E-state index < -0.39 is 24.3 Å². The fourth-order valence-electron chi connectivity index (χ4n) is 1.48. The topological polar surface area (TPSA) is 55.1 Å². The SMILES string of the molecule is NC(=O)c1ccc(CNCCCC(F)(F)F)c(F)c1. The Labute approximate surface area is 107 Å². The molecule has 0 heterocycles. The van der Waals surface area contributed by atoms with Gasteiger partial charge in [0.2, 0.25) is 5.91 Å². The predicted octanol–water partition coefficient (Wildman–Crippen LogP) is 2.36. The zero-order chi connectivity index (χ0) is 14.5. The summed E-state index contributed by atoms with van der Waals surface area (Å²) in [6, 6.07) is 3.76. The smallest absolute Gasteiger partial charge is 0.366 e. The lowest BCUT2D eigenvalue weighted by Crippen LogP contribution is -2.19. The predicted molar refractivity (Wildman–Crippen MR) is 61.9 cm³/mol. The minimum absolute atomic E-state index is 0.0540. The Bertz CT molecular complexity index is 446. The Morgan fingerprint density at radius 1 is 1.32 bits per heavy atom. The minimum Gasteiger partial charge on any atom is -0.366 e. The van der Waals surface area contributed by atoms with Crippen LogP contribution in [0.3, 0.4) is 0 Å². The fraction of sp³-hybridized carbons (Fsp3) is 0.417. The van der Waals surface area contributed by atoms with Crippen LogP contribution >= 0.6 is 0 Å². The molecular formula is C12H14F4N2O. The van der Waals surface area contributed by atoms with Gasteiger partial charge in [-0.25, -0.2) is 4.39 Å². The number of nitrogens with two attached hydrogens (primary N) is 1. The van der Waals surface area contributed by atoms with Crippen LogP contribution in [0.15, 0.2) is 18.2 Å². The lowest BCUT2D eigenvalue weighted by Gasteiger charge is -2.08. The van der Waals surface area contributed by atoms with E-state index in [9.17, 15) is 22.4 Å². The number of halogens is 4. The van der Waals surface area contributed by atoms with Crippen molar-refractivity contribution >= 4 is 5.91 Å². The van der Waals surface area contributed by atoms with Gasteiger partial charge in [-0.2, -0.15) is 13.2 Å². The van der Waals surface area contributed by atoms with Crippen molar-refractivity contribution in [3.63, 3.8) is 0 Å². The maximum absolute atomic E-state index is 13.5. The van der Waals surface area contributed by atoms with E-state index in [1.807, 2.05) is 0 Å². The van der Waals surface area contributed by atoms with Crippen LogP contribution in [-0.4, -0.2) is 18.6 Å². The maximum Gasteiger partial charge on any atom is 0.389 e. The van der Waals surface area contributed by atoms with Gasteiger partial charge in [0.15, 0.2) is 0 Å². The molecule has 3 N–H and O–H groups in total. The normalized spacial score (nSPS) is 11.6. The molecule has 0 saturated carbocycles. The second-order valence-corrected chi connectivity index (χ2v) is 4.07. The van der Waals surface area contributed by atoms with E-state index in [0.717, 1.165) is 6.07 Å². The summed E-state index contributed by atoms with van der Waals surface area (Å²) in [7, 11) is 0. The molecular weight excluding hydrogens is 264 g/mol. The third kappa shape index (κ3) is 5.69. The van der Waals surface area contributed by atoms with Gasteiger partial charge in [-0.1, -0.05) is 6.07 Å². The van der Waals surface area contributed by atoms with E-state index in [4.69, 9.17) is 5.73 Å². The average Bonchev–Trinajstić information content (AvgIpc) is 2.28. The average molecular weight is 278 g/mol. The summed E-state index contributed by atoms with van der Waals surface area (Å²) in [5, 5.41) is 2.71. The van der Waals surface area contributed by atoms with Crippen LogP contribution in [0.5, 0.6) is 0 Å². The largest absolute Gasteiger partial charge is 0.389 e. The van der Waals surface area contributed by atoms with Gasteiger partial charge in [0, 0.05) is 24.1 Å². The molecule has 1 aromatic rings. The third-order valence-corrected chi connectivity index (χ3v) is 2.47. The summed E-state index contributed by atoms with van der Waals surface area (Å²) >= 11 is 0. The molecule has 0 radical (unpaired) electrons. The third-order valence-electron chi connectivity index (χ3n) is 2.47. The first kappa shape index (κ1) is 15.4. The molecule has 106 valence electrons. The quantitative estimate of drug-likeness (QED) is 0.620. The number of amides is 1. The molecule has 1 aromatic carbocycles. The summed E-state index contributed by atoms with van der Waals surface area (Å²) in [6.07, 6.45) is -5.11. The van der Waals surface area contributed by atoms with E-state index >= 15 is 0 Å². The van der Waals surface area contributed by atoms with Gasteiger partial charge in [0.1, 0.15) is 5.82 Å². The number of alkyl halides is 3. The van der Waals surface area contributed by atoms with Gasteiger partial charge >= 0.3 is 6.18 Å². The number of carbonyl (C=O) groups excluding carboxylic acids is 1. The van der Waals surface area contributed by atoms with E-state index in [1.54, 1.807) is 0 Å². The molecule has 0 aliphatic rings. The minimum atomic E-state index is -4.17. The standard InChI is InChI=1S/C12H14F4N2O/c13-10-6-8(11(17)19)2-3-9(10)7-18-5-1-4-12(14,15)16/h2-3,6,18H,1,4-5,7H2,(H2,17,19). The zero-order valence-corrected chi connectivity index (χ0v) is 10.1. The number of hydrogen-bond acceptors (Lipinski definition) is 2. The van der Waals surface area contributed by atoms with Crippen molar-refractivity contribution in [1.82, 2.24) is 5.32 Å². The van der Waals surface area contributed by atoms with Crippen LogP contribution in [-0.2, 0) is 6.54 Å². The molecule has 1 amide bonds. The van der Waals surface area contributed by atoms with E-state index in [2.05, 4.69) is 5.32 Å². The van der Waals surface area contributed by atoms with Crippen LogP contribution in [0.2, 0.25) is 0 Å². The molecule has 3 nitrogen and oxygen atoms in total. The highest BCUT2D eigenvalue weighted by Gasteiger charge is 2.25. The molecule has 0 aliphatic heterocycles. The van der Waals surface area contributed by atoms with Crippen molar-refractivity contribution in [2.45, 2.75) is 25.6 Å². The number of nitrogens with one attached hydrogen (secondary N) is 1. The Morgan fingerprint density at radius 3 is 2.53 bits per heavy atom. The Hall–Kier alpha value is -1.63. The second kappa shape index (κ2) is 6.51. The maximum atomic E-state index is 13.5. The van der Waals surface area contributed by atoms with Crippen LogP contribution in [0.25, 0.3) is 0 Å². The molecule has 0 atom stereocenters. The Morgan fingerprint density at radius 2 is 2.00 bits per heavy atom. The molecule has 0 saturated heterocycles.